The molecule has 1 atom stereocenters. The molecule has 1 aliphatic heterocycles. The van der Waals surface area contributed by atoms with E-state index in [-0.39, 0.29) is 18.1 Å². The Bertz CT molecular complexity index is 1640. The van der Waals surface area contributed by atoms with Crippen LogP contribution < -0.4 is 20.9 Å². The molecule has 4 aromatic rings. The molecular formula is C34H41N11O. The van der Waals surface area contributed by atoms with Crippen LogP contribution in [0.1, 0.15) is 49.7 Å². The molecule has 46 heavy (non-hydrogen) atoms. The van der Waals surface area contributed by atoms with Crippen LogP contribution in [0.25, 0.3) is 11.1 Å². The van der Waals surface area contributed by atoms with Crippen molar-refractivity contribution in [3.05, 3.63) is 78.4 Å². The van der Waals surface area contributed by atoms with Crippen LogP contribution in [0.2, 0.25) is 0 Å². The first kappa shape index (κ1) is 31.0. The molecule has 1 unspecified atom stereocenters. The van der Waals surface area contributed by atoms with Gasteiger partial charge in [0.2, 0.25) is 5.95 Å². The smallest absolute Gasteiger partial charge is 0.323 e. The number of likely N-dealkylation sites (tertiary alicyclic amines) is 1. The fraction of sp³-hybridized carbons (Fsp3) is 0.412. The molecule has 12 heteroatoms. The molecule has 12 nitrogen and oxygen atoms in total. The molecule has 238 valence electrons. The summed E-state index contributed by atoms with van der Waals surface area (Å²) >= 11 is 0. The Morgan fingerprint density at radius 1 is 1.00 bits per heavy atom. The third-order valence-electron chi connectivity index (χ3n) is 9.02. The van der Waals surface area contributed by atoms with Gasteiger partial charge in [-0.15, -0.1) is 0 Å². The van der Waals surface area contributed by atoms with E-state index in [2.05, 4.69) is 49.0 Å². The maximum absolute atomic E-state index is 13.7. The van der Waals surface area contributed by atoms with Crippen molar-refractivity contribution in [3.8, 4) is 17.2 Å². The summed E-state index contributed by atoms with van der Waals surface area (Å²) in [7, 11) is 4.02. The van der Waals surface area contributed by atoms with Gasteiger partial charge in [0.25, 0.3) is 0 Å². The fourth-order valence-corrected chi connectivity index (χ4v) is 6.37. The second-order valence-electron chi connectivity index (χ2n) is 12.2. The lowest BCUT2D eigenvalue weighted by atomic mass is 9.90. The minimum Gasteiger partial charge on any atom is -0.367 e. The molecule has 6 rings (SSSR count). The summed E-state index contributed by atoms with van der Waals surface area (Å²) in [5, 5.41) is 23.9. The van der Waals surface area contributed by atoms with Crippen molar-refractivity contribution in [3.63, 3.8) is 0 Å². The SMILES string of the molecule is CN1CCCC1CNc1nc(N[C@H]2CC[C@H](N(C(=O)NCc3ccccc3)c3ccc(-c4cnn(C)c4)cn3)CC2)ncc1C#N. The van der Waals surface area contributed by atoms with Gasteiger partial charge in [0.15, 0.2) is 0 Å². The van der Waals surface area contributed by atoms with E-state index in [0.717, 1.165) is 61.9 Å². The molecule has 3 aromatic heterocycles. The number of pyridine rings is 1. The Balaban J connectivity index is 1.12. The number of carbonyl (C=O) groups is 1. The highest BCUT2D eigenvalue weighted by Crippen LogP contribution is 2.30. The molecule has 2 aliphatic rings. The van der Waals surface area contributed by atoms with E-state index in [1.807, 2.05) is 60.6 Å². The van der Waals surface area contributed by atoms with Crippen LogP contribution in [0.4, 0.5) is 22.4 Å². The zero-order chi connectivity index (χ0) is 31.9. The predicted molar refractivity (Wildman–Crippen MR) is 178 cm³/mol. The minimum atomic E-state index is -0.166. The average molecular weight is 620 g/mol. The van der Waals surface area contributed by atoms with Crippen molar-refractivity contribution < 1.29 is 4.79 Å². The average Bonchev–Trinajstić information content (AvgIpc) is 3.72. The van der Waals surface area contributed by atoms with Gasteiger partial charge >= 0.3 is 6.03 Å². The molecule has 2 fully saturated rings. The van der Waals surface area contributed by atoms with Gasteiger partial charge in [-0.3, -0.25) is 9.58 Å². The monoisotopic (exact) mass is 619 g/mol. The van der Waals surface area contributed by atoms with Gasteiger partial charge < -0.3 is 20.9 Å². The van der Waals surface area contributed by atoms with Crippen LogP contribution in [-0.2, 0) is 13.6 Å². The topological polar surface area (TPSA) is 140 Å². The summed E-state index contributed by atoms with van der Waals surface area (Å²) in [4.78, 5) is 31.7. The van der Waals surface area contributed by atoms with Crippen LogP contribution >= 0.6 is 0 Å². The van der Waals surface area contributed by atoms with E-state index in [9.17, 15) is 10.1 Å². The van der Waals surface area contributed by atoms with Gasteiger partial charge in [0.05, 0.1) is 12.4 Å². The normalized spacial score (nSPS) is 19.7. The molecule has 4 heterocycles. The van der Waals surface area contributed by atoms with Gasteiger partial charge in [-0.2, -0.15) is 15.3 Å². The zero-order valence-corrected chi connectivity index (χ0v) is 26.4. The zero-order valence-electron chi connectivity index (χ0n) is 26.4. The van der Waals surface area contributed by atoms with Crippen molar-refractivity contribution in [1.82, 2.24) is 34.9 Å². The number of rotatable bonds is 10. The van der Waals surface area contributed by atoms with Crippen molar-refractivity contribution in [2.24, 2.45) is 7.05 Å². The second-order valence-corrected chi connectivity index (χ2v) is 12.2. The van der Waals surface area contributed by atoms with Crippen molar-refractivity contribution in [2.45, 2.75) is 63.2 Å². The summed E-state index contributed by atoms with van der Waals surface area (Å²) < 4.78 is 1.76. The highest BCUT2D eigenvalue weighted by Gasteiger charge is 2.31. The number of carbonyl (C=O) groups excluding carboxylic acids is 1. The molecule has 0 radical (unpaired) electrons. The van der Waals surface area contributed by atoms with Gasteiger partial charge in [0, 0.05) is 61.8 Å². The number of urea groups is 1. The first-order valence-corrected chi connectivity index (χ1v) is 16.0. The minimum absolute atomic E-state index is 0.0203. The molecule has 1 aliphatic carbocycles. The summed E-state index contributed by atoms with van der Waals surface area (Å²) in [6.07, 6.45) is 12.7. The van der Waals surface area contributed by atoms with Gasteiger partial charge in [-0.05, 0) is 69.8 Å². The number of nitrogens with zero attached hydrogens (tertiary/aromatic N) is 8. The Labute approximate surface area is 269 Å². The molecule has 0 spiro atoms. The Kier molecular flexibility index (Phi) is 9.69. The third-order valence-corrected chi connectivity index (χ3v) is 9.02. The quantitative estimate of drug-likeness (QED) is 0.229. The van der Waals surface area contributed by atoms with Gasteiger partial charge in [-0.25, -0.2) is 14.8 Å². The molecule has 1 saturated carbocycles. The third kappa shape index (κ3) is 7.43. The van der Waals surface area contributed by atoms with Gasteiger partial charge in [-0.1, -0.05) is 30.3 Å². The number of aromatic nitrogens is 5. The lowest BCUT2D eigenvalue weighted by Gasteiger charge is -2.36. The van der Waals surface area contributed by atoms with Crippen molar-refractivity contribution >= 4 is 23.6 Å². The number of nitrogens with one attached hydrogen (secondary N) is 3. The largest absolute Gasteiger partial charge is 0.367 e. The first-order valence-electron chi connectivity index (χ1n) is 16.0. The van der Waals surface area contributed by atoms with E-state index >= 15 is 0 Å². The number of likely N-dealkylation sites (N-methyl/N-ethyl adjacent to an activating group) is 1. The van der Waals surface area contributed by atoms with Crippen LogP contribution in [0.3, 0.4) is 0 Å². The van der Waals surface area contributed by atoms with Crippen molar-refractivity contribution in [1.29, 1.82) is 5.26 Å². The summed E-state index contributed by atoms with van der Waals surface area (Å²) in [5.74, 6) is 1.69. The lowest BCUT2D eigenvalue weighted by Crippen LogP contribution is -2.49. The number of amides is 2. The van der Waals surface area contributed by atoms with Crippen LogP contribution in [0.15, 0.2) is 67.3 Å². The van der Waals surface area contributed by atoms with Crippen LogP contribution in [-0.4, -0.2) is 73.9 Å². The van der Waals surface area contributed by atoms with E-state index < -0.39 is 0 Å². The fourth-order valence-electron chi connectivity index (χ4n) is 6.37. The van der Waals surface area contributed by atoms with E-state index in [1.165, 1.54) is 6.42 Å². The Morgan fingerprint density at radius 2 is 1.83 bits per heavy atom. The van der Waals surface area contributed by atoms with Crippen molar-refractivity contribution in [2.75, 3.05) is 35.7 Å². The Hall–Kier alpha value is -5.02. The number of nitriles is 1. The standard InChI is InChI=1S/C34H41N11O/c1-43-16-6-9-30(43)22-37-32-26(17-35)20-38-33(42-32)41-28-11-13-29(14-12-28)45(34(46)39-18-24-7-4-3-5-8-24)31-15-10-25(19-36-31)27-21-40-44(2)23-27/h3-5,7-8,10,15,19-21,23,28-30H,6,9,11-14,16,18,22H2,1-2H3,(H,39,46)(H2,37,38,41,42)/t28-,29-,30?. The van der Waals surface area contributed by atoms with Crippen LogP contribution in [0.5, 0.6) is 0 Å². The van der Waals surface area contributed by atoms with E-state index in [0.29, 0.717) is 35.7 Å². The number of aryl methyl sites for hydroxylation is 1. The first-order chi connectivity index (χ1) is 22.5. The number of benzene rings is 1. The maximum Gasteiger partial charge on any atom is 0.323 e. The number of hydrogen-bond acceptors (Lipinski definition) is 9. The van der Waals surface area contributed by atoms with Crippen LogP contribution in [0, 0.1) is 11.3 Å². The lowest BCUT2D eigenvalue weighted by molar-refractivity contribution is 0.240. The van der Waals surface area contributed by atoms with Gasteiger partial charge in [0.1, 0.15) is 23.3 Å². The molecule has 0 bridgehead atoms. The molecule has 1 saturated heterocycles. The highest BCUT2D eigenvalue weighted by molar-refractivity contribution is 5.91. The van der Waals surface area contributed by atoms with E-state index in [4.69, 9.17) is 4.98 Å². The van der Waals surface area contributed by atoms with E-state index in [1.54, 1.807) is 23.3 Å². The second kappa shape index (κ2) is 14.4. The molecule has 3 N–H and O–H groups in total. The summed E-state index contributed by atoms with van der Waals surface area (Å²) in [5.41, 5.74) is 3.40. The summed E-state index contributed by atoms with van der Waals surface area (Å²) in [6, 6.07) is 16.4. The Morgan fingerprint density at radius 3 is 2.50 bits per heavy atom. The predicted octanol–water partition coefficient (Wildman–Crippen LogP) is 4.79. The number of hydrogen-bond donors (Lipinski definition) is 3. The molecular weight excluding hydrogens is 578 g/mol. The maximum atomic E-state index is 13.7. The molecule has 1 aromatic carbocycles. The summed E-state index contributed by atoms with van der Waals surface area (Å²) in [6.45, 7) is 2.27. The number of anilines is 3. The molecule has 2 amide bonds. The highest BCUT2D eigenvalue weighted by atomic mass is 16.2.